The Morgan fingerprint density at radius 1 is 1.50 bits per heavy atom. The molecule has 4 nitrogen and oxygen atoms in total. The molecular weight excluding hydrogens is 182 g/mol. The van der Waals surface area contributed by atoms with E-state index in [1.54, 1.807) is 0 Å². The van der Waals surface area contributed by atoms with Crippen molar-refractivity contribution < 1.29 is 14.6 Å². The molecule has 14 heavy (non-hydrogen) atoms. The van der Waals surface area contributed by atoms with Gasteiger partial charge >= 0.3 is 6.09 Å². The van der Waals surface area contributed by atoms with Crippen molar-refractivity contribution in [3.05, 3.63) is 0 Å². The summed E-state index contributed by atoms with van der Waals surface area (Å²) in [5.74, 6) is 0. The van der Waals surface area contributed by atoms with Crippen molar-refractivity contribution in [2.45, 2.75) is 40.2 Å². The van der Waals surface area contributed by atoms with Gasteiger partial charge in [0.05, 0.1) is 0 Å². The van der Waals surface area contributed by atoms with Gasteiger partial charge in [-0.25, -0.2) is 4.79 Å². The van der Waals surface area contributed by atoms with Crippen molar-refractivity contribution in [2.24, 2.45) is 5.41 Å². The first-order valence-electron chi connectivity index (χ1n) is 4.95. The molecule has 1 atom stereocenters. The molecule has 0 fully saturated rings. The molecule has 0 aromatic carbocycles. The number of ether oxygens (including phenoxy) is 1. The van der Waals surface area contributed by atoms with Gasteiger partial charge in [-0.2, -0.15) is 0 Å². The lowest BCUT2D eigenvalue weighted by atomic mass is 9.85. The fraction of sp³-hybridized carbons (Fsp3) is 0.900. The van der Waals surface area contributed by atoms with Crippen molar-refractivity contribution in [1.29, 1.82) is 0 Å². The van der Waals surface area contributed by atoms with Crippen molar-refractivity contribution in [1.82, 2.24) is 5.32 Å². The number of nitrogens with one attached hydrogen (secondary N) is 1. The third-order valence-electron chi connectivity index (χ3n) is 2.10. The predicted octanol–water partition coefficient (Wildman–Crippen LogP) is 2.10. The van der Waals surface area contributed by atoms with Crippen LogP contribution in [0.2, 0.25) is 0 Å². The average molecular weight is 203 g/mol. The van der Waals surface area contributed by atoms with E-state index in [0.717, 1.165) is 0 Å². The molecule has 0 aliphatic heterocycles. The highest BCUT2D eigenvalue weighted by molar-refractivity contribution is 5.64. The number of hydrogen-bond donors (Lipinski definition) is 2. The van der Waals surface area contributed by atoms with E-state index in [1.807, 2.05) is 27.7 Å². The Hall–Kier alpha value is -0.770. The highest BCUT2D eigenvalue weighted by atomic mass is 16.5. The van der Waals surface area contributed by atoms with E-state index >= 15 is 0 Å². The van der Waals surface area contributed by atoms with Gasteiger partial charge in [0.1, 0.15) is 0 Å². The summed E-state index contributed by atoms with van der Waals surface area (Å²) in [4.78, 5) is 10.5. The SMILES string of the molecule is CCOCCC(NC(=O)O)C(C)(C)C. The lowest BCUT2D eigenvalue weighted by Crippen LogP contribution is -2.43. The smallest absolute Gasteiger partial charge is 0.404 e. The van der Waals surface area contributed by atoms with Crippen LogP contribution in [0.25, 0.3) is 0 Å². The van der Waals surface area contributed by atoms with Gasteiger partial charge in [-0.05, 0) is 18.8 Å². The number of hydrogen-bond acceptors (Lipinski definition) is 2. The molecule has 0 aliphatic rings. The van der Waals surface area contributed by atoms with Gasteiger partial charge in [-0.3, -0.25) is 0 Å². The third-order valence-corrected chi connectivity index (χ3v) is 2.10. The predicted molar refractivity (Wildman–Crippen MR) is 55.5 cm³/mol. The van der Waals surface area contributed by atoms with Crippen molar-refractivity contribution in [2.75, 3.05) is 13.2 Å². The molecule has 84 valence electrons. The highest BCUT2D eigenvalue weighted by Gasteiger charge is 2.25. The summed E-state index contributed by atoms with van der Waals surface area (Å²) in [6.07, 6.45) is -0.259. The Morgan fingerprint density at radius 2 is 2.07 bits per heavy atom. The van der Waals surface area contributed by atoms with Crippen LogP contribution in [0.15, 0.2) is 0 Å². The van der Waals surface area contributed by atoms with E-state index in [4.69, 9.17) is 9.84 Å². The van der Waals surface area contributed by atoms with Crippen LogP contribution in [-0.4, -0.2) is 30.5 Å². The second-order valence-electron chi connectivity index (χ2n) is 4.35. The minimum Gasteiger partial charge on any atom is -0.465 e. The summed E-state index contributed by atoms with van der Waals surface area (Å²) in [6, 6.07) is -0.0634. The fourth-order valence-electron chi connectivity index (χ4n) is 1.22. The molecule has 2 N–H and O–H groups in total. The highest BCUT2D eigenvalue weighted by Crippen LogP contribution is 2.21. The standard InChI is InChI=1S/C10H21NO3/c1-5-14-7-6-8(10(2,3)4)11-9(12)13/h8,11H,5-7H2,1-4H3,(H,12,13). The van der Waals surface area contributed by atoms with Gasteiger partial charge in [-0.1, -0.05) is 20.8 Å². The fourth-order valence-corrected chi connectivity index (χ4v) is 1.22. The van der Waals surface area contributed by atoms with Crippen LogP contribution >= 0.6 is 0 Å². The molecule has 0 heterocycles. The van der Waals surface area contributed by atoms with Gasteiger partial charge in [0.2, 0.25) is 0 Å². The second kappa shape index (κ2) is 5.86. The zero-order valence-corrected chi connectivity index (χ0v) is 9.46. The maximum Gasteiger partial charge on any atom is 0.404 e. The molecular formula is C10H21NO3. The molecule has 1 unspecified atom stereocenters. The summed E-state index contributed by atoms with van der Waals surface area (Å²) < 4.78 is 5.21. The molecule has 0 rings (SSSR count). The van der Waals surface area contributed by atoms with Gasteiger partial charge in [0.15, 0.2) is 0 Å². The maximum atomic E-state index is 10.5. The number of carbonyl (C=O) groups is 1. The maximum absolute atomic E-state index is 10.5. The van der Waals surface area contributed by atoms with Crippen LogP contribution < -0.4 is 5.32 Å². The number of rotatable bonds is 5. The van der Waals surface area contributed by atoms with Crippen LogP contribution in [0.5, 0.6) is 0 Å². The Labute approximate surface area is 85.6 Å². The molecule has 0 aromatic rings. The van der Waals surface area contributed by atoms with Crippen molar-refractivity contribution in [3.63, 3.8) is 0 Å². The molecule has 0 aliphatic carbocycles. The summed E-state index contributed by atoms with van der Waals surface area (Å²) in [5.41, 5.74) is -0.0739. The Balaban J connectivity index is 4.05. The Bertz CT molecular complexity index is 175. The van der Waals surface area contributed by atoms with Crippen molar-refractivity contribution >= 4 is 6.09 Å². The molecule has 0 saturated heterocycles. The Kier molecular flexibility index (Phi) is 5.53. The van der Waals surface area contributed by atoms with Crippen LogP contribution in [0.3, 0.4) is 0 Å². The van der Waals surface area contributed by atoms with Crippen LogP contribution in [0.1, 0.15) is 34.1 Å². The molecule has 0 aromatic heterocycles. The van der Waals surface area contributed by atoms with Gasteiger partial charge in [-0.15, -0.1) is 0 Å². The lowest BCUT2D eigenvalue weighted by Gasteiger charge is -2.30. The summed E-state index contributed by atoms with van der Waals surface area (Å²) in [5, 5.41) is 11.2. The molecule has 1 amide bonds. The van der Waals surface area contributed by atoms with Crippen molar-refractivity contribution in [3.8, 4) is 0 Å². The summed E-state index contributed by atoms with van der Waals surface area (Å²) in [7, 11) is 0. The molecule has 4 heteroatoms. The third kappa shape index (κ3) is 5.80. The first-order chi connectivity index (χ1) is 6.38. The zero-order valence-electron chi connectivity index (χ0n) is 9.46. The topological polar surface area (TPSA) is 58.6 Å². The first kappa shape index (κ1) is 13.2. The quantitative estimate of drug-likeness (QED) is 0.673. The van der Waals surface area contributed by atoms with Gasteiger partial charge < -0.3 is 15.2 Å². The van der Waals surface area contributed by atoms with E-state index in [2.05, 4.69) is 5.32 Å². The monoisotopic (exact) mass is 203 g/mol. The van der Waals surface area contributed by atoms with E-state index in [-0.39, 0.29) is 11.5 Å². The summed E-state index contributed by atoms with van der Waals surface area (Å²) in [6.45, 7) is 9.23. The largest absolute Gasteiger partial charge is 0.465 e. The number of amides is 1. The van der Waals surface area contributed by atoms with E-state index in [9.17, 15) is 4.79 Å². The van der Waals surface area contributed by atoms with E-state index < -0.39 is 6.09 Å². The second-order valence-corrected chi connectivity index (χ2v) is 4.35. The van der Waals surface area contributed by atoms with Gasteiger partial charge in [0, 0.05) is 19.3 Å². The molecule has 0 saturated carbocycles. The minimum atomic E-state index is -0.971. The van der Waals surface area contributed by atoms with Gasteiger partial charge in [0.25, 0.3) is 0 Å². The number of carboxylic acid groups (broad SMARTS) is 1. The lowest BCUT2D eigenvalue weighted by molar-refractivity contribution is 0.114. The summed E-state index contributed by atoms with van der Waals surface area (Å²) >= 11 is 0. The van der Waals surface area contributed by atoms with Crippen LogP contribution in [-0.2, 0) is 4.74 Å². The Morgan fingerprint density at radius 3 is 2.43 bits per heavy atom. The first-order valence-corrected chi connectivity index (χ1v) is 4.95. The molecule has 0 spiro atoms. The van der Waals surface area contributed by atoms with Crippen LogP contribution in [0.4, 0.5) is 4.79 Å². The zero-order chi connectivity index (χ0) is 11.2. The van der Waals surface area contributed by atoms with E-state index in [1.165, 1.54) is 0 Å². The normalized spacial score (nSPS) is 13.7. The minimum absolute atomic E-state index is 0.0634. The molecule has 0 bridgehead atoms. The van der Waals surface area contributed by atoms with E-state index in [0.29, 0.717) is 19.6 Å². The average Bonchev–Trinajstić information content (AvgIpc) is 2.00. The molecule has 0 radical (unpaired) electrons. The van der Waals surface area contributed by atoms with Crippen LogP contribution in [0, 0.1) is 5.41 Å².